The lowest BCUT2D eigenvalue weighted by Gasteiger charge is -2.11. The quantitative estimate of drug-likeness (QED) is 0.266. The second-order valence-electron chi connectivity index (χ2n) is 5.90. The highest BCUT2D eigenvalue weighted by Crippen LogP contribution is 2.57. The predicted molar refractivity (Wildman–Crippen MR) is 94.0 cm³/mol. The van der Waals surface area contributed by atoms with Crippen molar-refractivity contribution in [2.24, 2.45) is 5.92 Å². The van der Waals surface area contributed by atoms with Crippen LogP contribution in [-0.2, 0) is 18.0 Å². The molecule has 0 aromatic heterocycles. The minimum atomic E-state index is -5.08. The van der Waals surface area contributed by atoms with E-state index in [-0.39, 0.29) is 5.92 Å². The van der Waals surface area contributed by atoms with Gasteiger partial charge < -0.3 is 14.3 Å². The summed E-state index contributed by atoms with van der Waals surface area (Å²) in [4.78, 5) is 26.0. The molecule has 140 valence electrons. The molecule has 0 radical (unpaired) electrons. The van der Waals surface area contributed by atoms with Crippen LogP contribution in [0.1, 0.15) is 53.4 Å². The van der Waals surface area contributed by atoms with Crippen molar-refractivity contribution in [3.05, 3.63) is 35.6 Å². The third-order valence-corrected chi connectivity index (χ3v) is 5.08. The second-order valence-corrected chi connectivity index (χ2v) is 8.68. The Morgan fingerprint density at radius 1 is 1.08 bits per heavy atom. The Morgan fingerprint density at radius 2 is 1.71 bits per heavy atom. The van der Waals surface area contributed by atoms with Gasteiger partial charge in [-0.05, 0) is 58.4 Å². The summed E-state index contributed by atoms with van der Waals surface area (Å²) in [5, 5.41) is 0. The van der Waals surface area contributed by atoms with Gasteiger partial charge >= 0.3 is 15.6 Å². The monoisotopic (exact) mass is 382 g/mol. The third kappa shape index (κ3) is 14.9. The fraction of sp³-hybridized carbons (Fsp3) is 0.600. The molecule has 0 aromatic rings. The van der Waals surface area contributed by atoms with Crippen molar-refractivity contribution in [2.45, 2.75) is 53.4 Å². The zero-order valence-electron chi connectivity index (χ0n) is 14.6. The first-order valence-electron chi connectivity index (χ1n) is 7.65. The van der Waals surface area contributed by atoms with Crippen LogP contribution in [0, 0.1) is 5.92 Å². The average Bonchev–Trinajstić information content (AvgIpc) is 2.34. The molecule has 2 atom stereocenters. The van der Waals surface area contributed by atoms with Crippen molar-refractivity contribution in [1.82, 2.24) is 0 Å². The molecule has 0 aliphatic heterocycles. The van der Waals surface area contributed by atoms with Crippen molar-refractivity contribution < 1.29 is 32.6 Å². The first-order chi connectivity index (χ1) is 10.9. The highest BCUT2D eigenvalue weighted by Gasteiger charge is 2.32. The van der Waals surface area contributed by atoms with E-state index in [2.05, 4.69) is 41.8 Å². The van der Waals surface area contributed by atoms with Crippen LogP contribution in [0.4, 0.5) is 0 Å². The molecular formula is C15H28O7P2. The first kappa shape index (κ1) is 23.3. The fourth-order valence-electron chi connectivity index (χ4n) is 1.78. The summed E-state index contributed by atoms with van der Waals surface area (Å²) >= 11 is 0. The SMILES string of the molecule is CC(C)=CCC/C(C)=C/CCC(C)/C=C\OP(=O)(O)OP(=O)(O)O. The number of rotatable bonds is 11. The minimum absolute atomic E-state index is 0.0712. The third-order valence-electron chi connectivity index (χ3n) is 3.02. The van der Waals surface area contributed by atoms with Gasteiger partial charge in [-0.2, -0.15) is 4.31 Å². The van der Waals surface area contributed by atoms with Gasteiger partial charge in [-0.25, -0.2) is 9.13 Å². The van der Waals surface area contributed by atoms with E-state index in [4.69, 9.17) is 14.7 Å². The summed E-state index contributed by atoms with van der Waals surface area (Å²) in [7, 11) is -9.88. The molecule has 9 heteroatoms. The number of hydrogen-bond donors (Lipinski definition) is 3. The second kappa shape index (κ2) is 11.0. The van der Waals surface area contributed by atoms with Gasteiger partial charge in [0.15, 0.2) is 0 Å². The molecule has 0 aromatic carbocycles. The van der Waals surface area contributed by atoms with Crippen LogP contribution in [-0.4, -0.2) is 14.7 Å². The molecule has 7 nitrogen and oxygen atoms in total. The maximum absolute atomic E-state index is 11.2. The molecule has 0 amide bonds. The molecule has 0 saturated heterocycles. The highest BCUT2D eigenvalue weighted by atomic mass is 31.3. The molecular weight excluding hydrogens is 354 g/mol. The van der Waals surface area contributed by atoms with E-state index in [1.54, 1.807) is 0 Å². The highest BCUT2D eigenvalue weighted by molar-refractivity contribution is 7.60. The predicted octanol–water partition coefficient (Wildman–Crippen LogP) is 4.84. The molecule has 0 aliphatic rings. The molecule has 2 unspecified atom stereocenters. The number of allylic oxidation sites excluding steroid dienone is 5. The zero-order chi connectivity index (χ0) is 18.8. The van der Waals surface area contributed by atoms with E-state index in [1.807, 2.05) is 6.92 Å². The normalized spacial score (nSPS) is 16.7. The smallest absolute Gasteiger partial charge is 0.412 e. The largest absolute Gasteiger partial charge is 0.535 e. The molecule has 0 bridgehead atoms. The Kier molecular flexibility index (Phi) is 10.7. The Hall–Kier alpha value is -0.680. The summed E-state index contributed by atoms with van der Waals surface area (Å²) in [5.41, 5.74) is 2.63. The lowest BCUT2D eigenvalue weighted by molar-refractivity contribution is 0.216. The summed E-state index contributed by atoms with van der Waals surface area (Å²) in [6, 6.07) is 0. The van der Waals surface area contributed by atoms with E-state index in [0.717, 1.165) is 31.9 Å². The van der Waals surface area contributed by atoms with Crippen LogP contribution in [0.3, 0.4) is 0 Å². The Balaban J connectivity index is 4.17. The van der Waals surface area contributed by atoms with E-state index < -0.39 is 15.6 Å². The maximum atomic E-state index is 11.2. The van der Waals surface area contributed by atoms with Gasteiger partial charge in [-0.1, -0.05) is 30.2 Å². The lowest BCUT2D eigenvalue weighted by Crippen LogP contribution is -1.92. The van der Waals surface area contributed by atoms with E-state index in [9.17, 15) is 9.13 Å². The van der Waals surface area contributed by atoms with Crippen LogP contribution >= 0.6 is 15.6 Å². The van der Waals surface area contributed by atoms with E-state index in [1.165, 1.54) is 17.2 Å². The van der Waals surface area contributed by atoms with Crippen LogP contribution in [0.15, 0.2) is 35.6 Å². The Labute approximate surface area is 143 Å². The summed E-state index contributed by atoms with van der Waals surface area (Å²) < 4.78 is 29.7. The topological polar surface area (TPSA) is 113 Å². The standard InChI is InChI=1S/C15H28O7P2/c1-13(2)7-5-8-14(3)9-6-10-15(4)11-12-21-24(19,20)22-23(16,17)18/h7,9,11-12,15H,5-6,8,10H2,1-4H3,(H,19,20)(H2,16,17,18)/b12-11-,14-9+. The molecule has 0 fully saturated rings. The van der Waals surface area contributed by atoms with Gasteiger partial charge in [-0.3, -0.25) is 4.89 Å². The van der Waals surface area contributed by atoms with Crippen LogP contribution in [0.5, 0.6) is 0 Å². The molecule has 0 aliphatic carbocycles. The number of phosphoric ester groups is 1. The van der Waals surface area contributed by atoms with Gasteiger partial charge in [-0.15, -0.1) is 0 Å². The van der Waals surface area contributed by atoms with Crippen LogP contribution in [0.2, 0.25) is 0 Å². The fourth-order valence-corrected chi connectivity index (χ4v) is 3.23. The van der Waals surface area contributed by atoms with E-state index in [0.29, 0.717) is 0 Å². The lowest BCUT2D eigenvalue weighted by atomic mass is 10.0. The summed E-state index contributed by atoms with van der Waals surface area (Å²) in [6.07, 6.45) is 10.6. The summed E-state index contributed by atoms with van der Waals surface area (Å²) in [5.74, 6) is 0.0712. The van der Waals surface area contributed by atoms with Gasteiger partial charge in [0, 0.05) is 0 Å². The molecule has 0 heterocycles. The molecule has 3 N–H and O–H groups in total. The minimum Gasteiger partial charge on any atom is -0.412 e. The van der Waals surface area contributed by atoms with Gasteiger partial charge in [0.2, 0.25) is 0 Å². The summed E-state index contributed by atoms with van der Waals surface area (Å²) in [6.45, 7) is 8.14. The van der Waals surface area contributed by atoms with Gasteiger partial charge in [0.1, 0.15) is 0 Å². The van der Waals surface area contributed by atoms with E-state index >= 15 is 0 Å². The van der Waals surface area contributed by atoms with Crippen LogP contribution in [0.25, 0.3) is 0 Å². The van der Waals surface area contributed by atoms with Crippen molar-refractivity contribution in [2.75, 3.05) is 0 Å². The van der Waals surface area contributed by atoms with Crippen molar-refractivity contribution in [1.29, 1.82) is 0 Å². The Morgan fingerprint density at radius 3 is 2.25 bits per heavy atom. The molecule has 24 heavy (non-hydrogen) atoms. The van der Waals surface area contributed by atoms with Crippen molar-refractivity contribution in [3.8, 4) is 0 Å². The van der Waals surface area contributed by atoms with Gasteiger partial charge in [0.25, 0.3) is 0 Å². The molecule has 0 rings (SSSR count). The Bertz CT molecular complexity index is 556. The number of phosphoric acid groups is 2. The maximum Gasteiger partial charge on any atom is 0.535 e. The van der Waals surface area contributed by atoms with Crippen LogP contribution < -0.4 is 0 Å². The van der Waals surface area contributed by atoms with Crippen molar-refractivity contribution in [3.63, 3.8) is 0 Å². The zero-order valence-corrected chi connectivity index (χ0v) is 16.4. The van der Waals surface area contributed by atoms with Gasteiger partial charge in [0.05, 0.1) is 6.26 Å². The van der Waals surface area contributed by atoms with Crippen molar-refractivity contribution >= 4 is 15.6 Å². The molecule has 0 saturated carbocycles. The molecule has 0 spiro atoms. The first-order valence-corrected chi connectivity index (χ1v) is 10.7. The average molecular weight is 382 g/mol. The number of hydrogen-bond acceptors (Lipinski definition) is 4.